The summed E-state index contributed by atoms with van der Waals surface area (Å²) in [5, 5.41) is 0. The molecular weight excluding hydrogens is 209 g/mol. The van der Waals surface area contributed by atoms with Crippen LogP contribution in [0.4, 0.5) is 10.1 Å². The molecule has 0 atom stereocenters. The van der Waals surface area contributed by atoms with Gasteiger partial charge in [-0.2, -0.15) is 0 Å². The van der Waals surface area contributed by atoms with Crippen molar-refractivity contribution in [3.05, 3.63) is 35.7 Å². The molecule has 2 N–H and O–H groups in total. The summed E-state index contributed by atoms with van der Waals surface area (Å²) in [6, 6.07) is 2.91. The van der Waals surface area contributed by atoms with Crippen molar-refractivity contribution < 1.29 is 9.13 Å². The van der Waals surface area contributed by atoms with Gasteiger partial charge in [-0.25, -0.2) is 9.37 Å². The van der Waals surface area contributed by atoms with Crippen LogP contribution in [0, 0.1) is 12.7 Å². The van der Waals surface area contributed by atoms with E-state index in [1.54, 1.807) is 17.0 Å². The molecule has 0 bridgehead atoms. The third-order valence-electron chi connectivity index (χ3n) is 2.73. The van der Waals surface area contributed by atoms with Crippen LogP contribution in [0.15, 0.2) is 18.5 Å². The van der Waals surface area contributed by atoms with Gasteiger partial charge in [0.25, 0.3) is 0 Å². The number of halogens is 1. The Morgan fingerprint density at radius 3 is 3.12 bits per heavy atom. The molecule has 0 unspecified atom stereocenters. The minimum Gasteiger partial charge on any atom is -0.485 e. The van der Waals surface area contributed by atoms with E-state index in [2.05, 4.69) is 4.98 Å². The summed E-state index contributed by atoms with van der Waals surface area (Å²) in [6.45, 7) is 2.26. The molecule has 0 fully saturated rings. The van der Waals surface area contributed by atoms with Crippen LogP contribution in [0.2, 0.25) is 0 Å². The first-order chi connectivity index (χ1) is 7.66. The Balaban J connectivity index is 2.32. The van der Waals surface area contributed by atoms with Crippen LogP contribution in [0.3, 0.4) is 0 Å². The lowest BCUT2D eigenvalue weighted by Gasteiger charge is -2.21. The number of imidazole rings is 1. The summed E-state index contributed by atoms with van der Waals surface area (Å²) < 4.78 is 21.0. The van der Waals surface area contributed by atoms with Crippen molar-refractivity contribution in [3.8, 4) is 11.4 Å². The number of nitrogens with two attached hydrogens (primary N) is 1. The number of nitrogen functional groups attached to an aromatic ring is 1. The maximum Gasteiger partial charge on any atom is 0.153 e. The van der Waals surface area contributed by atoms with E-state index < -0.39 is 5.82 Å². The number of anilines is 1. The maximum atomic E-state index is 13.8. The summed E-state index contributed by atoms with van der Waals surface area (Å²) in [4.78, 5) is 4.15. The number of aromatic nitrogens is 2. The van der Waals surface area contributed by atoms with E-state index in [1.165, 1.54) is 6.07 Å². The number of benzene rings is 1. The van der Waals surface area contributed by atoms with E-state index in [0.717, 1.165) is 11.4 Å². The number of nitrogens with zero attached hydrogens (tertiary/aromatic N) is 2. The molecule has 1 aromatic heterocycles. The Morgan fingerprint density at radius 1 is 1.50 bits per heavy atom. The smallest absolute Gasteiger partial charge is 0.153 e. The number of rotatable bonds is 0. The van der Waals surface area contributed by atoms with Crippen LogP contribution in [0.1, 0.15) is 11.4 Å². The molecule has 0 spiro atoms. The second kappa shape index (κ2) is 2.98. The lowest BCUT2D eigenvalue weighted by molar-refractivity contribution is 0.281. The lowest BCUT2D eigenvalue weighted by Crippen LogP contribution is -2.14. The Kier molecular flexibility index (Phi) is 1.71. The lowest BCUT2D eigenvalue weighted by atomic mass is 10.2. The summed E-state index contributed by atoms with van der Waals surface area (Å²) in [5.41, 5.74) is 8.03. The average molecular weight is 219 g/mol. The molecule has 0 aliphatic carbocycles. The molecule has 1 aromatic carbocycles. The van der Waals surface area contributed by atoms with Crippen LogP contribution >= 0.6 is 0 Å². The van der Waals surface area contributed by atoms with Crippen LogP contribution in [0.5, 0.6) is 5.75 Å². The molecule has 4 nitrogen and oxygen atoms in total. The molecular formula is C11H10FN3O. The predicted molar refractivity (Wildman–Crippen MR) is 57.0 cm³/mol. The van der Waals surface area contributed by atoms with Gasteiger partial charge in [0, 0.05) is 11.8 Å². The molecule has 0 saturated heterocycles. The quantitative estimate of drug-likeness (QED) is 0.687. The molecule has 2 aromatic rings. The van der Waals surface area contributed by atoms with E-state index in [0.29, 0.717) is 23.7 Å². The second-order valence-corrected chi connectivity index (χ2v) is 3.78. The van der Waals surface area contributed by atoms with Crippen molar-refractivity contribution in [2.75, 3.05) is 5.73 Å². The van der Waals surface area contributed by atoms with Crippen molar-refractivity contribution in [2.45, 2.75) is 13.5 Å². The zero-order valence-corrected chi connectivity index (χ0v) is 8.70. The first-order valence-electron chi connectivity index (χ1n) is 4.92. The van der Waals surface area contributed by atoms with E-state index >= 15 is 0 Å². The molecule has 1 aliphatic heterocycles. The summed E-state index contributed by atoms with van der Waals surface area (Å²) in [6.07, 6.45) is 1.60. The second-order valence-electron chi connectivity index (χ2n) is 3.78. The van der Waals surface area contributed by atoms with Crippen LogP contribution in [0.25, 0.3) is 5.69 Å². The minimum absolute atomic E-state index is 0.358. The Labute approximate surface area is 91.5 Å². The molecule has 0 saturated carbocycles. The Morgan fingerprint density at radius 2 is 2.31 bits per heavy atom. The van der Waals surface area contributed by atoms with Gasteiger partial charge in [-0.1, -0.05) is 0 Å². The summed E-state index contributed by atoms with van der Waals surface area (Å²) in [7, 11) is 0. The molecule has 0 amide bonds. The van der Waals surface area contributed by atoms with Crippen LogP contribution in [-0.4, -0.2) is 9.55 Å². The van der Waals surface area contributed by atoms with Crippen LogP contribution in [-0.2, 0) is 6.61 Å². The zero-order valence-electron chi connectivity index (χ0n) is 8.70. The molecule has 0 radical (unpaired) electrons. The zero-order chi connectivity index (χ0) is 11.3. The summed E-state index contributed by atoms with van der Waals surface area (Å²) in [5.74, 6) is 0.0655. The molecule has 3 rings (SSSR count). The number of aryl methyl sites for hydroxylation is 1. The van der Waals surface area contributed by atoms with Crippen molar-refractivity contribution in [1.82, 2.24) is 9.55 Å². The molecule has 5 heteroatoms. The van der Waals surface area contributed by atoms with Gasteiger partial charge in [0.2, 0.25) is 0 Å². The molecule has 16 heavy (non-hydrogen) atoms. The third kappa shape index (κ3) is 1.11. The normalized spacial score (nSPS) is 12.9. The Bertz CT molecular complexity index is 577. The highest BCUT2D eigenvalue weighted by Crippen LogP contribution is 2.34. The highest BCUT2D eigenvalue weighted by molar-refractivity contribution is 5.58. The standard InChI is InChI=1S/C11H10FN3O/c1-6-9-4-16-10-3-7(13)2-8(12)11(10)15(9)5-14-6/h2-3,5H,4,13H2,1H3. The summed E-state index contributed by atoms with van der Waals surface area (Å²) >= 11 is 0. The fraction of sp³-hybridized carbons (Fsp3) is 0.182. The van der Waals surface area contributed by atoms with Gasteiger partial charge >= 0.3 is 0 Å². The van der Waals surface area contributed by atoms with E-state index in [1.807, 2.05) is 6.92 Å². The number of ether oxygens (including phenoxy) is 1. The largest absolute Gasteiger partial charge is 0.485 e. The first-order valence-corrected chi connectivity index (χ1v) is 4.92. The third-order valence-corrected chi connectivity index (χ3v) is 2.73. The topological polar surface area (TPSA) is 53.1 Å². The van der Waals surface area contributed by atoms with E-state index in [9.17, 15) is 4.39 Å². The minimum atomic E-state index is -0.395. The number of hydrogen-bond acceptors (Lipinski definition) is 3. The monoisotopic (exact) mass is 219 g/mol. The van der Waals surface area contributed by atoms with E-state index in [-0.39, 0.29) is 0 Å². The van der Waals surface area contributed by atoms with Crippen molar-refractivity contribution in [1.29, 1.82) is 0 Å². The van der Waals surface area contributed by atoms with Gasteiger partial charge in [-0.3, -0.25) is 4.57 Å². The number of fused-ring (bicyclic) bond motifs is 3. The van der Waals surface area contributed by atoms with Gasteiger partial charge in [-0.15, -0.1) is 0 Å². The van der Waals surface area contributed by atoms with Crippen molar-refractivity contribution >= 4 is 5.69 Å². The van der Waals surface area contributed by atoms with Crippen molar-refractivity contribution in [3.63, 3.8) is 0 Å². The van der Waals surface area contributed by atoms with Gasteiger partial charge in [0.05, 0.1) is 11.4 Å². The van der Waals surface area contributed by atoms with Crippen molar-refractivity contribution in [2.24, 2.45) is 0 Å². The Hall–Kier alpha value is -2.04. The van der Waals surface area contributed by atoms with Gasteiger partial charge in [0.15, 0.2) is 5.82 Å². The van der Waals surface area contributed by atoms with Gasteiger partial charge < -0.3 is 10.5 Å². The fourth-order valence-corrected chi connectivity index (χ4v) is 1.91. The average Bonchev–Trinajstić information content (AvgIpc) is 2.59. The van der Waals surface area contributed by atoms with Crippen LogP contribution < -0.4 is 10.5 Å². The highest BCUT2D eigenvalue weighted by Gasteiger charge is 2.22. The first kappa shape index (κ1) is 9.21. The maximum absolute atomic E-state index is 13.8. The highest BCUT2D eigenvalue weighted by atomic mass is 19.1. The molecule has 2 heterocycles. The number of hydrogen-bond donors (Lipinski definition) is 1. The SMILES string of the molecule is Cc1ncn2c1COc1cc(N)cc(F)c1-2. The van der Waals surface area contributed by atoms with Gasteiger partial charge in [0.1, 0.15) is 24.4 Å². The fourth-order valence-electron chi connectivity index (χ4n) is 1.91. The molecule has 82 valence electrons. The molecule has 1 aliphatic rings. The van der Waals surface area contributed by atoms with E-state index in [4.69, 9.17) is 10.5 Å². The predicted octanol–water partition coefficient (Wildman–Crippen LogP) is 1.79. The van der Waals surface area contributed by atoms with Gasteiger partial charge in [-0.05, 0) is 13.0 Å².